The van der Waals surface area contributed by atoms with Crippen molar-refractivity contribution in [2.24, 2.45) is 5.92 Å². The molecule has 2 N–H and O–H groups in total. The Labute approximate surface area is 85.9 Å². The quantitative estimate of drug-likeness (QED) is 0.712. The first-order valence-electron chi connectivity index (χ1n) is 5.53. The zero-order chi connectivity index (χ0) is 10.8. The molecule has 0 aromatic rings. The van der Waals surface area contributed by atoms with Crippen LogP contribution in [0, 0.1) is 5.92 Å². The lowest BCUT2D eigenvalue weighted by Crippen LogP contribution is -2.56. The minimum absolute atomic E-state index is 0.110. The highest BCUT2D eigenvalue weighted by Gasteiger charge is 2.39. The van der Waals surface area contributed by atoms with E-state index in [0.29, 0.717) is 0 Å². The second-order valence-electron chi connectivity index (χ2n) is 4.54. The zero-order valence-electron chi connectivity index (χ0n) is 9.34. The van der Waals surface area contributed by atoms with E-state index in [1.165, 1.54) is 0 Å². The van der Waals surface area contributed by atoms with Gasteiger partial charge in [0.1, 0.15) is 0 Å². The molecule has 1 saturated carbocycles. The molecule has 0 spiro atoms. The third-order valence-corrected chi connectivity index (χ3v) is 3.69. The molecule has 1 aliphatic rings. The van der Waals surface area contributed by atoms with Crippen molar-refractivity contribution in [2.75, 3.05) is 0 Å². The number of carbonyl (C=O) groups is 1. The second kappa shape index (κ2) is 4.30. The van der Waals surface area contributed by atoms with Crippen molar-refractivity contribution < 1.29 is 9.90 Å². The van der Waals surface area contributed by atoms with Gasteiger partial charge in [-0.05, 0) is 32.6 Å². The van der Waals surface area contributed by atoms with Crippen LogP contribution in [0.3, 0.4) is 0 Å². The molecule has 0 bridgehead atoms. The molecule has 0 aromatic heterocycles. The Morgan fingerprint density at radius 3 is 2.29 bits per heavy atom. The van der Waals surface area contributed by atoms with E-state index in [9.17, 15) is 4.79 Å². The van der Waals surface area contributed by atoms with Gasteiger partial charge in [-0.25, -0.2) is 0 Å². The van der Waals surface area contributed by atoms with Crippen molar-refractivity contribution in [1.82, 2.24) is 5.32 Å². The molecular formula is C11H21NO2. The molecule has 14 heavy (non-hydrogen) atoms. The number of rotatable bonds is 5. The van der Waals surface area contributed by atoms with Crippen LogP contribution in [-0.4, -0.2) is 22.7 Å². The predicted molar refractivity (Wildman–Crippen MR) is 56.3 cm³/mol. The predicted octanol–water partition coefficient (Wildman–Crippen LogP) is 2.02. The molecule has 1 rings (SSSR count). The van der Waals surface area contributed by atoms with Gasteiger partial charge in [0, 0.05) is 11.6 Å². The van der Waals surface area contributed by atoms with Gasteiger partial charge in [-0.3, -0.25) is 4.79 Å². The van der Waals surface area contributed by atoms with Crippen molar-refractivity contribution >= 4 is 5.97 Å². The molecule has 0 heterocycles. The van der Waals surface area contributed by atoms with Crippen LogP contribution in [0.4, 0.5) is 0 Å². The van der Waals surface area contributed by atoms with Crippen LogP contribution in [0.15, 0.2) is 0 Å². The minimum Gasteiger partial charge on any atom is -0.481 e. The zero-order valence-corrected chi connectivity index (χ0v) is 9.34. The summed E-state index contributed by atoms with van der Waals surface area (Å²) < 4.78 is 0. The highest BCUT2D eigenvalue weighted by Crippen LogP contribution is 2.30. The Kier molecular flexibility index (Phi) is 3.53. The fourth-order valence-corrected chi connectivity index (χ4v) is 1.87. The molecule has 2 unspecified atom stereocenters. The molecule has 3 heteroatoms. The largest absolute Gasteiger partial charge is 0.481 e. The Hall–Kier alpha value is -0.570. The summed E-state index contributed by atoms with van der Waals surface area (Å²) in [5, 5.41) is 12.4. The molecule has 3 nitrogen and oxygen atoms in total. The molecule has 82 valence electrons. The third kappa shape index (κ3) is 2.27. The van der Waals surface area contributed by atoms with E-state index in [2.05, 4.69) is 26.1 Å². The lowest BCUT2D eigenvalue weighted by atomic mass is 9.77. The second-order valence-corrected chi connectivity index (χ2v) is 4.54. The first-order valence-corrected chi connectivity index (χ1v) is 5.53. The first kappa shape index (κ1) is 11.5. The summed E-state index contributed by atoms with van der Waals surface area (Å²) in [7, 11) is 0. The van der Waals surface area contributed by atoms with E-state index < -0.39 is 5.97 Å². The third-order valence-electron chi connectivity index (χ3n) is 3.69. The van der Waals surface area contributed by atoms with E-state index in [4.69, 9.17) is 5.11 Å². The lowest BCUT2D eigenvalue weighted by molar-refractivity contribution is -0.146. The monoisotopic (exact) mass is 199 g/mol. The van der Waals surface area contributed by atoms with Gasteiger partial charge in [-0.15, -0.1) is 0 Å². The first-order chi connectivity index (χ1) is 6.52. The highest BCUT2D eigenvalue weighted by molar-refractivity contribution is 5.72. The summed E-state index contributed by atoms with van der Waals surface area (Å²) >= 11 is 0. The number of hydrogen-bond acceptors (Lipinski definition) is 2. The van der Waals surface area contributed by atoms with Gasteiger partial charge in [0.2, 0.25) is 0 Å². The van der Waals surface area contributed by atoms with E-state index in [1.54, 1.807) is 0 Å². The van der Waals surface area contributed by atoms with Crippen LogP contribution in [0.5, 0.6) is 0 Å². The van der Waals surface area contributed by atoms with E-state index in [1.807, 2.05) is 0 Å². The summed E-state index contributed by atoms with van der Waals surface area (Å²) in [6.45, 7) is 6.46. The van der Waals surface area contributed by atoms with Gasteiger partial charge in [-0.2, -0.15) is 0 Å². The van der Waals surface area contributed by atoms with E-state index in [0.717, 1.165) is 25.7 Å². The van der Waals surface area contributed by atoms with Crippen molar-refractivity contribution in [3.63, 3.8) is 0 Å². The average Bonchev–Trinajstić information content (AvgIpc) is 2.11. The summed E-state index contributed by atoms with van der Waals surface area (Å²) in [5.74, 6) is -0.810. The summed E-state index contributed by atoms with van der Waals surface area (Å²) in [4.78, 5) is 10.8. The topological polar surface area (TPSA) is 49.3 Å². The molecule has 1 fully saturated rings. The van der Waals surface area contributed by atoms with Crippen molar-refractivity contribution in [1.29, 1.82) is 0 Å². The Morgan fingerprint density at radius 1 is 1.43 bits per heavy atom. The number of nitrogens with one attached hydrogen (secondary N) is 1. The Morgan fingerprint density at radius 2 is 2.00 bits per heavy atom. The molecule has 0 aliphatic heterocycles. The van der Waals surface area contributed by atoms with Gasteiger partial charge in [-0.1, -0.05) is 13.8 Å². The molecule has 1 aliphatic carbocycles. The van der Waals surface area contributed by atoms with Gasteiger partial charge in [0.25, 0.3) is 0 Å². The maximum Gasteiger partial charge on any atom is 0.308 e. The fourth-order valence-electron chi connectivity index (χ4n) is 1.87. The lowest BCUT2D eigenvalue weighted by Gasteiger charge is -2.41. The molecule has 0 radical (unpaired) electrons. The van der Waals surface area contributed by atoms with Gasteiger partial charge < -0.3 is 10.4 Å². The van der Waals surface area contributed by atoms with Gasteiger partial charge in [0.15, 0.2) is 0 Å². The molecule has 0 amide bonds. The van der Waals surface area contributed by atoms with Crippen LogP contribution in [0.2, 0.25) is 0 Å². The smallest absolute Gasteiger partial charge is 0.308 e. The average molecular weight is 199 g/mol. The van der Waals surface area contributed by atoms with Crippen LogP contribution in [0.1, 0.15) is 46.5 Å². The van der Waals surface area contributed by atoms with Crippen LogP contribution in [0.25, 0.3) is 0 Å². The number of carboxylic acids is 1. The maximum atomic E-state index is 10.8. The van der Waals surface area contributed by atoms with Crippen LogP contribution < -0.4 is 5.32 Å². The van der Waals surface area contributed by atoms with Crippen molar-refractivity contribution in [2.45, 2.75) is 58.0 Å². The van der Waals surface area contributed by atoms with Crippen molar-refractivity contribution in [3.05, 3.63) is 0 Å². The number of hydrogen-bond donors (Lipinski definition) is 2. The van der Waals surface area contributed by atoms with E-state index >= 15 is 0 Å². The molecule has 2 atom stereocenters. The minimum atomic E-state index is -0.650. The SMILES string of the molecule is CCC(C)(CC)NC1CCC1C(=O)O. The summed E-state index contributed by atoms with van der Waals surface area (Å²) in [6, 6.07) is 0.192. The fraction of sp³-hybridized carbons (Fsp3) is 0.909. The Bertz CT molecular complexity index is 211. The van der Waals surface area contributed by atoms with Crippen molar-refractivity contribution in [3.8, 4) is 0 Å². The molecule has 0 saturated heterocycles. The summed E-state index contributed by atoms with van der Waals surface area (Å²) in [6.07, 6.45) is 3.93. The van der Waals surface area contributed by atoms with E-state index in [-0.39, 0.29) is 17.5 Å². The maximum absolute atomic E-state index is 10.8. The van der Waals surface area contributed by atoms with Crippen LogP contribution >= 0.6 is 0 Å². The molecular weight excluding hydrogens is 178 g/mol. The normalized spacial score (nSPS) is 27.1. The standard InChI is InChI=1S/C11H21NO2/c1-4-11(3,5-2)12-9-7-6-8(9)10(13)14/h8-9,12H,4-7H2,1-3H3,(H,13,14). The van der Waals surface area contributed by atoms with Crippen LogP contribution in [-0.2, 0) is 4.79 Å². The Balaban J connectivity index is 2.48. The summed E-state index contributed by atoms with van der Waals surface area (Å²) in [5.41, 5.74) is 0.110. The number of aliphatic carboxylic acids is 1. The molecule has 0 aromatic carbocycles. The number of carboxylic acid groups (broad SMARTS) is 1. The van der Waals surface area contributed by atoms with Gasteiger partial charge in [0.05, 0.1) is 5.92 Å². The highest BCUT2D eigenvalue weighted by atomic mass is 16.4. The van der Waals surface area contributed by atoms with Gasteiger partial charge >= 0.3 is 5.97 Å².